The topological polar surface area (TPSA) is 55.8 Å². The van der Waals surface area contributed by atoms with Gasteiger partial charge in [-0.25, -0.2) is 12.8 Å². The summed E-state index contributed by atoms with van der Waals surface area (Å²) in [5.74, 6) is 0.728. The number of sulfonamides is 1. The second-order valence-corrected chi connectivity index (χ2v) is 7.92. The molecule has 0 N–H and O–H groups in total. The van der Waals surface area contributed by atoms with Crippen molar-refractivity contribution in [2.75, 3.05) is 14.2 Å². The highest BCUT2D eigenvalue weighted by molar-refractivity contribution is 7.89. The summed E-state index contributed by atoms with van der Waals surface area (Å²) in [6.07, 6.45) is 0.566. The molecule has 0 spiro atoms. The highest BCUT2D eigenvalue weighted by Crippen LogP contribution is 2.36. The molecule has 0 amide bonds. The molecule has 7 heteroatoms. The highest BCUT2D eigenvalue weighted by Gasteiger charge is 2.34. The summed E-state index contributed by atoms with van der Waals surface area (Å²) in [6, 6.07) is 8.38. The Kier molecular flexibility index (Phi) is 4.71. The maximum atomic E-state index is 13.1. The number of halogens is 1. The summed E-state index contributed by atoms with van der Waals surface area (Å²) >= 11 is 0. The first-order valence-corrected chi connectivity index (χ1v) is 9.32. The Morgan fingerprint density at radius 3 is 2.16 bits per heavy atom. The van der Waals surface area contributed by atoms with E-state index in [4.69, 9.17) is 9.47 Å². The fourth-order valence-electron chi connectivity index (χ4n) is 3.11. The van der Waals surface area contributed by atoms with Crippen LogP contribution in [0.3, 0.4) is 0 Å². The summed E-state index contributed by atoms with van der Waals surface area (Å²) in [4.78, 5) is 0.0877. The van der Waals surface area contributed by atoms with Crippen LogP contribution in [-0.4, -0.2) is 33.0 Å². The van der Waals surface area contributed by atoms with Crippen molar-refractivity contribution >= 4 is 10.0 Å². The molecule has 3 rings (SSSR count). The van der Waals surface area contributed by atoms with Crippen molar-refractivity contribution in [1.82, 2.24) is 4.31 Å². The SMILES string of the molecule is COc1cc2c(cc1OC)CN(S(=O)(=O)c1ccc(F)cc1)C(C)C2. The van der Waals surface area contributed by atoms with E-state index in [0.717, 1.165) is 23.3 Å². The zero-order chi connectivity index (χ0) is 18.2. The Hall–Kier alpha value is -2.12. The predicted octanol–water partition coefficient (Wildman–Crippen LogP) is 2.98. The largest absolute Gasteiger partial charge is 0.493 e. The first-order valence-electron chi connectivity index (χ1n) is 7.88. The number of benzene rings is 2. The minimum Gasteiger partial charge on any atom is -0.493 e. The third-order valence-electron chi connectivity index (χ3n) is 4.46. The van der Waals surface area contributed by atoms with Crippen LogP contribution in [0.1, 0.15) is 18.1 Å². The molecule has 5 nitrogen and oxygen atoms in total. The number of methoxy groups -OCH3 is 2. The van der Waals surface area contributed by atoms with Gasteiger partial charge in [0, 0.05) is 12.6 Å². The van der Waals surface area contributed by atoms with E-state index in [1.54, 1.807) is 14.2 Å². The molecular weight excluding hydrogens is 345 g/mol. The van der Waals surface area contributed by atoms with Crippen LogP contribution in [0.4, 0.5) is 4.39 Å². The molecule has 2 aromatic rings. The van der Waals surface area contributed by atoms with Crippen molar-refractivity contribution in [1.29, 1.82) is 0 Å². The molecule has 0 aromatic heterocycles. The summed E-state index contributed by atoms with van der Waals surface area (Å²) < 4.78 is 51.1. The summed E-state index contributed by atoms with van der Waals surface area (Å²) in [5, 5.41) is 0. The van der Waals surface area contributed by atoms with Gasteiger partial charge in [-0.15, -0.1) is 0 Å². The molecule has 1 aliphatic heterocycles. The van der Waals surface area contributed by atoms with E-state index in [-0.39, 0.29) is 17.5 Å². The van der Waals surface area contributed by atoms with Crippen LogP contribution in [0.25, 0.3) is 0 Å². The summed E-state index contributed by atoms with van der Waals surface area (Å²) in [5.41, 5.74) is 1.91. The molecule has 25 heavy (non-hydrogen) atoms. The van der Waals surface area contributed by atoms with Crippen molar-refractivity contribution < 1.29 is 22.3 Å². The minimum absolute atomic E-state index is 0.0877. The van der Waals surface area contributed by atoms with Gasteiger partial charge in [-0.3, -0.25) is 0 Å². The third-order valence-corrected chi connectivity index (χ3v) is 6.43. The Balaban J connectivity index is 1.99. The molecule has 0 radical (unpaired) electrons. The lowest BCUT2D eigenvalue weighted by Crippen LogP contribution is -2.42. The lowest BCUT2D eigenvalue weighted by molar-refractivity contribution is 0.305. The first-order chi connectivity index (χ1) is 11.9. The van der Waals surface area contributed by atoms with Gasteiger partial charge in [0.25, 0.3) is 0 Å². The first kappa shape index (κ1) is 17.7. The van der Waals surface area contributed by atoms with E-state index in [2.05, 4.69) is 0 Å². The number of hydrogen-bond donors (Lipinski definition) is 0. The van der Waals surface area contributed by atoms with E-state index in [1.807, 2.05) is 19.1 Å². The van der Waals surface area contributed by atoms with Crippen LogP contribution in [0, 0.1) is 5.82 Å². The average molecular weight is 365 g/mol. The lowest BCUT2D eigenvalue weighted by Gasteiger charge is -2.34. The molecular formula is C18H20FNO4S. The Labute approximate surface area is 147 Å². The summed E-state index contributed by atoms with van der Waals surface area (Å²) in [6.45, 7) is 2.09. The van der Waals surface area contributed by atoms with E-state index in [9.17, 15) is 12.8 Å². The zero-order valence-electron chi connectivity index (χ0n) is 14.3. The van der Waals surface area contributed by atoms with Gasteiger partial charge in [0.2, 0.25) is 10.0 Å². The molecule has 1 heterocycles. The number of rotatable bonds is 4. The van der Waals surface area contributed by atoms with Crippen LogP contribution in [0.2, 0.25) is 0 Å². The molecule has 0 saturated carbocycles. The van der Waals surface area contributed by atoms with Crippen molar-refractivity contribution in [2.24, 2.45) is 0 Å². The second-order valence-electron chi connectivity index (χ2n) is 6.03. The van der Waals surface area contributed by atoms with Crippen LogP contribution < -0.4 is 9.47 Å². The lowest BCUT2D eigenvalue weighted by atomic mass is 9.96. The highest BCUT2D eigenvalue weighted by atomic mass is 32.2. The number of nitrogens with zero attached hydrogens (tertiary/aromatic N) is 1. The maximum absolute atomic E-state index is 13.1. The molecule has 1 unspecified atom stereocenters. The van der Waals surface area contributed by atoms with Gasteiger partial charge in [0.05, 0.1) is 19.1 Å². The van der Waals surface area contributed by atoms with E-state index in [0.29, 0.717) is 17.9 Å². The predicted molar refractivity (Wildman–Crippen MR) is 91.8 cm³/mol. The van der Waals surface area contributed by atoms with Gasteiger partial charge in [-0.1, -0.05) is 0 Å². The Morgan fingerprint density at radius 2 is 1.60 bits per heavy atom. The molecule has 0 bridgehead atoms. The normalized spacial score (nSPS) is 17.8. The monoisotopic (exact) mass is 365 g/mol. The standard InChI is InChI=1S/C18H20FNO4S/c1-12-8-13-9-17(23-2)18(24-3)10-14(13)11-20(12)25(21,22)16-6-4-15(19)5-7-16/h4-7,9-10,12H,8,11H2,1-3H3. The average Bonchev–Trinajstić information content (AvgIpc) is 2.60. The Morgan fingerprint density at radius 1 is 1.04 bits per heavy atom. The Bertz CT molecular complexity index is 881. The van der Waals surface area contributed by atoms with Crippen LogP contribution in [0.15, 0.2) is 41.3 Å². The van der Waals surface area contributed by atoms with E-state index in [1.165, 1.54) is 16.4 Å². The maximum Gasteiger partial charge on any atom is 0.243 e. The van der Waals surface area contributed by atoms with Gasteiger partial charge in [0.1, 0.15) is 5.82 Å². The van der Waals surface area contributed by atoms with Gasteiger partial charge in [-0.05, 0) is 60.9 Å². The van der Waals surface area contributed by atoms with E-state index >= 15 is 0 Å². The van der Waals surface area contributed by atoms with Crippen LogP contribution >= 0.6 is 0 Å². The number of ether oxygens (including phenoxy) is 2. The summed E-state index contributed by atoms with van der Waals surface area (Å²) in [7, 11) is -0.596. The molecule has 2 aromatic carbocycles. The smallest absolute Gasteiger partial charge is 0.243 e. The second kappa shape index (κ2) is 6.65. The number of fused-ring (bicyclic) bond motifs is 1. The molecule has 0 saturated heterocycles. The molecule has 0 fully saturated rings. The van der Waals surface area contributed by atoms with Gasteiger partial charge >= 0.3 is 0 Å². The quantitative estimate of drug-likeness (QED) is 0.836. The van der Waals surface area contributed by atoms with Crippen molar-refractivity contribution in [3.05, 3.63) is 53.3 Å². The van der Waals surface area contributed by atoms with E-state index < -0.39 is 15.8 Å². The fraction of sp³-hybridized carbons (Fsp3) is 0.333. The zero-order valence-corrected chi connectivity index (χ0v) is 15.1. The fourth-order valence-corrected chi connectivity index (χ4v) is 4.72. The van der Waals surface area contributed by atoms with Crippen LogP contribution in [-0.2, 0) is 23.0 Å². The van der Waals surface area contributed by atoms with Gasteiger partial charge in [-0.2, -0.15) is 4.31 Å². The minimum atomic E-state index is -3.71. The van der Waals surface area contributed by atoms with Gasteiger partial charge < -0.3 is 9.47 Å². The molecule has 1 aliphatic rings. The number of hydrogen-bond acceptors (Lipinski definition) is 4. The van der Waals surface area contributed by atoms with Crippen molar-refractivity contribution in [2.45, 2.75) is 30.8 Å². The van der Waals surface area contributed by atoms with Crippen LogP contribution in [0.5, 0.6) is 11.5 Å². The van der Waals surface area contributed by atoms with Crippen molar-refractivity contribution in [3.63, 3.8) is 0 Å². The van der Waals surface area contributed by atoms with Gasteiger partial charge in [0.15, 0.2) is 11.5 Å². The van der Waals surface area contributed by atoms with Crippen molar-refractivity contribution in [3.8, 4) is 11.5 Å². The molecule has 0 aliphatic carbocycles. The molecule has 134 valence electrons. The molecule has 1 atom stereocenters. The third kappa shape index (κ3) is 3.21.